The lowest BCUT2D eigenvalue weighted by Gasteiger charge is -2.22. The molecule has 7 aromatic carbocycles. The SMILES string of the molecule is CC(C)(C)c1ccc(-c2cc(-c3c4ccccc4c(-c4cc(-c5ccc(C(C)(C)C)cc5)nc(-c5ccccc5)c4C#N)c4ccccc34)c(C#N)c(-c3ccccc3)n2)cc1. The van der Waals surface area contributed by atoms with E-state index in [2.05, 4.69) is 163 Å². The molecule has 4 nitrogen and oxygen atoms in total. The van der Waals surface area contributed by atoms with Crippen LogP contribution in [0.2, 0.25) is 0 Å². The molecule has 9 aromatic rings. The summed E-state index contributed by atoms with van der Waals surface area (Å²) in [5, 5.41) is 26.2. The Morgan fingerprint density at radius 2 is 0.677 bits per heavy atom. The number of aromatic nitrogens is 2. The Labute approximate surface area is 364 Å². The monoisotopic (exact) mass is 798 g/mol. The number of rotatable bonds is 6. The van der Waals surface area contributed by atoms with Gasteiger partial charge in [0.2, 0.25) is 0 Å². The van der Waals surface area contributed by atoms with Gasteiger partial charge in [0.1, 0.15) is 12.1 Å². The van der Waals surface area contributed by atoms with Crippen LogP contribution in [0.3, 0.4) is 0 Å². The van der Waals surface area contributed by atoms with E-state index in [9.17, 15) is 10.5 Å². The summed E-state index contributed by atoms with van der Waals surface area (Å²) in [6.07, 6.45) is 0. The van der Waals surface area contributed by atoms with Gasteiger partial charge in [-0.3, -0.25) is 0 Å². The number of fused-ring (bicyclic) bond motifs is 2. The molecule has 0 fully saturated rings. The van der Waals surface area contributed by atoms with Crippen molar-refractivity contribution in [1.29, 1.82) is 10.5 Å². The van der Waals surface area contributed by atoms with Crippen molar-refractivity contribution in [3.63, 3.8) is 0 Å². The second-order valence-electron chi connectivity index (χ2n) is 18.0. The number of benzene rings is 7. The van der Waals surface area contributed by atoms with Crippen molar-refractivity contribution in [3.05, 3.63) is 192 Å². The molecule has 0 N–H and O–H groups in total. The van der Waals surface area contributed by atoms with Crippen molar-refractivity contribution in [2.75, 3.05) is 0 Å². The molecule has 0 spiro atoms. The van der Waals surface area contributed by atoms with Crippen molar-refractivity contribution in [1.82, 2.24) is 9.97 Å². The first-order valence-corrected chi connectivity index (χ1v) is 21.1. The molecule has 0 atom stereocenters. The fourth-order valence-electron chi connectivity index (χ4n) is 8.61. The first-order valence-electron chi connectivity index (χ1n) is 21.1. The highest BCUT2D eigenvalue weighted by Crippen LogP contribution is 2.48. The second-order valence-corrected chi connectivity index (χ2v) is 18.0. The molecular formula is C58H46N4. The standard InChI is InChI=1S/C58H46N4/c1-57(2,3)41-29-25-37(26-30-41)51-33-47(49(35-59)55(61-51)39-17-9-7-10-18-39)53-43-21-13-15-23-45(43)54(46-24-16-14-22-44(46)53)48-34-52(38-27-31-42(32-28-38)58(4,5)6)62-56(50(48)36-60)40-19-11-8-12-20-40/h7-34H,1-6H3. The van der Waals surface area contributed by atoms with Gasteiger partial charge in [-0.1, -0.05) is 199 Å². The van der Waals surface area contributed by atoms with Crippen LogP contribution in [0, 0.1) is 22.7 Å². The molecular weight excluding hydrogens is 753 g/mol. The fourth-order valence-corrected chi connectivity index (χ4v) is 8.61. The predicted molar refractivity (Wildman–Crippen MR) is 256 cm³/mol. The molecule has 0 bridgehead atoms. The summed E-state index contributed by atoms with van der Waals surface area (Å²) in [6.45, 7) is 13.3. The minimum absolute atomic E-state index is 0.00367. The van der Waals surface area contributed by atoms with Crippen molar-refractivity contribution in [2.45, 2.75) is 52.4 Å². The zero-order valence-electron chi connectivity index (χ0n) is 36.0. The van der Waals surface area contributed by atoms with E-state index in [0.29, 0.717) is 22.5 Å². The van der Waals surface area contributed by atoms with E-state index in [4.69, 9.17) is 9.97 Å². The highest BCUT2D eigenvalue weighted by atomic mass is 14.7. The van der Waals surface area contributed by atoms with Crippen LogP contribution in [0.4, 0.5) is 0 Å². The van der Waals surface area contributed by atoms with E-state index < -0.39 is 0 Å². The van der Waals surface area contributed by atoms with E-state index in [0.717, 1.165) is 77.4 Å². The molecule has 0 aliphatic carbocycles. The maximum absolute atomic E-state index is 11.2. The van der Waals surface area contributed by atoms with Crippen LogP contribution in [0.15, 0.2) is 170 Å². The Balaban J connectivity index is 1.38. The van der Waals surface area contributed by atoms with Gasteiger partial charge in [-0.05, 0) is 66.8 Å². The van der Waals surface area contributed by atoms with E-state index >= 15 is 0 Å². The average Bonchev–Trinajstić information content (AvgIpc) is 3.30. The maximum atomic E-state index is 11.2. The van der Waals surface area contributed by atoms with Gasteiger partial charge < -0.3 is 0 Å². The highest BCUT2D eigenvalue weighted by molar-refractivity contribution is 6.22. The zero-order valence-corrected chi connectivity index (χ0v) is 36.0. The normalized spacial score (nSPS) is 11.7. The summed E-state index contributed by atoms with van der Waals surface area (Å²) in [5.41, 5.74) is 13.5. The number of pyridine rings is 2. The minimum Gasteiger partial charge on any atom is -0.246 e. The van der Waals surface area contributed by atoms with Crippen LogP contribution < -0.4 is 0 Å². The smallest absolute Gasteiger partial charge is 0.102 e. The Bertz CT molecular complexity index is 2950. The van der Waals surface area contributed by atoms with Gasteiger partial charge in [0.15, 0.2) is 0 Å². The first-order chi connectivity index (χ1) is 29.9. The van der Waals surface area contributed by atoms with Gasteiger partial charge in [-0.15, -0.1) is 0 Å². The van der Waals surface area contributed by atoms with Crippen LogP contribution in [0.5, 0.6) is 0 Å². The van der Waals surface area contributed by atoms with Gasteiger partial charge in [-0.25, -0.2) is 9.97 Å². The molecule has 0 unspecified atom stereocenters. The molecule has 0 saturated heterocycles. The summed E-state index contributed by atoms with van der Waals surface area (Å²) in [5.74, 6) is 0. The van der Waals surface area contributed by atoms with Crippen molar-refractivity contribution >= 4 is 21.5 Å². The number of nitriles is 2. The number of hydrogen-bond acceptors (Lipinski definition) is 4. The molecule has 62 heavy (non-hydrogen) atoms. The lowest BCUT2D eigenvalue weighted by atomic mass is 9.82. The third-order valence-corrected chi connectivity index (χ3v) is 11.9. The predicted octanol–water partition coefficient (Wildman–Crippen LogP) is 15.1. The van der Waals surface area contributed by atoms with Gasteiger partial charge in [0.25, 0.3) is 0 Å². The molecule has 2 aromatic heterocycles. The van der Waals surface area contributed by atoms with Crippen molar-refractivity contribution < 1.29 is 0 Å². The van der Waals surface area contributed by atoms with Crippen LogP contribution >= 0.6 is 0 Å². The van der Waals surface area contributed by atoms with Crippen LogP contribution in [0.1, 0.15) is 63.8 Å². The fraction of sp³-hybridized carbons (Fsp3) is 0.138. The van der Waals surface area contributed by atoms with E-state index in [1.54, 1.807) is 0 Å². The summed E-state index contributed by atoms with van der Waals surface area (Å²) in [4.78, 5) is 10.5. The summed E-state index contributed by atoms with van der Waals surface area (Å²) in [7, 11) is 0. The van der Waals surface area contributed by atoms with Gasteiger partial charge in [-0.2, -0.15) is 10.5 Å². The molecule has 0 saturated carbocycles. The topological polar surface area (TPSA) is 73.4 Å². The van der Waals surface area contributed by atoms with E-state index in [1.165, 1.54) is 11.1 Å². The highest BCUT2D eigenvalue weighted by Gasteiger charge is 2.26. The molecule has 0 radical (unpaired) electrons. The zero-order chi connectivity index (χ0) is 43.2. The number of nitrogens with zero attached hydrogens (tertiary/aromatic N) is 4. The molecule has 2 heterocycles. The van der Waals surface area contributed by atoms with Crippen LogP contribution in [0.25, 0.3) is 88.8 Å². The molecule has 0 aliphatic heterocycles. The summed E-state index contributed by atoms with van der Waals surface area (Å²) in [6, 6.07) is 63.4. The van der Waals surface area contributed by atoms with Crippen LogP contribution in [-0.4, -0.2) is 9.97 Å². The van der Waals surface area contributed by atoms with Crippen LogP contribution in [-0.2, 0) is 10.8 Å². The third kappa shape index (κ3) is 7.21. The molecule has 0 amide bonds. The quantitative estimate of drug-likeness (QED) is 0.157. The summed E-state index contributed by atoms with van der Waals surface area (Å²) >= 11 is 0. The largest absolute Gasteiger partial charge is 0.246 e. The Hall–Kier alpha value is -7.66. The molecule has 298 valence electrons. The molecule has 0 aliphatic rings. The third-order valence-electron chi connectivity index (χ3n) is 11.9. The minimum atomic E-state index is -0.00367. The first kappa shape index (κ1) is 39.8. The molecule has 4 heteroatoms. The lowest BCUT2D eigenvalue weighted by molar-refractivity contribution is 0.590. The lowest BCUT2D eigenvalue weighted by Crippen LogP contribution is -2.10. The number of hydrogen-bond donors (Lipinski definition) is 0. The average molecular weight is 799 g/mol. The second kappa shape index (κ2) is 15.7. The van der Waals surface area contributed by atoms with E-state index in [-0.39, 0.29) is 10.8 Å². The van der Waals surface area contributed by atoms with Crippen molar-refractivity contribution in [3.8, 4) is 79.4 Å². The van der Waals surface area contributed by atoms with Gasteiger partial charge in [0.05, 0.1) is 33.9 Å². The van der Waals surface area contributed by atoms with E-state index in [1.807, 2.05) is 60.7 Å². The Morgan fingerprint density at radius 3 is 0.968 bits per heavy atom. The van der Waals surface area contributed by atoms with Gasteiger partial charge >= 0.3 is 0 Å². The molecule has 9 rings (SSSR count). The Kier molecular flexibility index (Phi) is 10.1. The van der Waals surface area contributed by atoms with Crippen molar-refractivity contribution in [2.24, 2.45) is 0 Å². The summed E-state index contributed by atoms with van der Waals surface area (Å²) < 4.78 is 0. The Morgan fingerprint density at radius 1 is 0.371 bits per heavy atom. The van der Waals surface area contributed by atoms with Gasteiger partial charge in [0, 0.05) is 33.4 Å². The maximum Gasteiger partial charge on any atom is 0.102 e.